The van der Waals surface area contributed by atoms with E-state index in [1.165, 1.54) is 18.2 Å². The summed E-state index contributed by atoms with van der Waals surface area (Å²) in [6.07, 6.45) is 1.98. The average Bonchev–Trinajstić information content (AvgIpc) is 3.29. The number of nitrogens with zero attached hydrogens (tertiary/aromatic N) is 2. The molecule has 1 amide bonds. The fourth-order valence-electron chi connectivity index (χ4n) is 5.06. The molecule has 1 aromatic heterocycles. The second-order valence-electron chi connectivity index (χ2n) is 9.67. The number of benzene rings is 4. The third-order valence-electron chi connectivity index (χ3n) is 7.00. The minimum atomic E-state index is -0.523. The molecule has 0 saturated heterocycles. The van der Waals surface area contributed by atoms with Crippen molar-refractivity contribution in [2.45, 2.75) is 31.8 Å². The molecule has 1 heterocycles. The van der Waals surface area contributed by atoms with Crippen molar-refractivity contribution in [1.29, 1.82) is 0 Å². The van der Waals surface area contributed by atoms with Gasteiger partial charge in [0.25, 0.3) is 5.69 Å². The maximum Gasteiger partial charge on any atom is 0.270 e. The van der Waals surface area contributed by atoms with Gasteiger partial charge in [0.2, 0.25) is 5.91 Å². The summed E-state index contributed by atoms with van der Waals surface area (Å²) < 4.78 is 16.4. The summed E-state index contributed by atoms with van der Waals surface area (Å²) in [6.45, 7) is 2.46. The number of rotatable bonds is 9. The molecule has 4 aromatic carbocycles. The standard InChI is InChI=1S/C32H28FN3O3/c1-22(24-11-6-3-7-12-24)34-32(37)19-28(25-13-8-14-26(33)17-25)30-21-35(20-23-9-4-2-5-10-23)31-16-15-27(36(38)39)18-29(30)31/h2-18,21-22,28H,19-20H2,1H3,(H,34,37)/t22-,28-/m0/s1. The van der Waals surface area contributed by atoms with E-state index >= 15 is 0 Å². The number of nitrogens with one attached hydrogen (secondary N) is 1. The Hall–Kier alpha value is -4.78. The topological polar surface area (TPSA) is 77.2 Å². The molecule has 7 heteroatoms. The molecule has 0 bridgehead atoms. The number of carbonyl (C=O) groups is 1. The summed E-state index contributed by atoms with van der Waals surface area (Å²) in [4.78, 5) is 24.6. The van der Waals surface area contributed by atoms with Gasteiger partial charge in [-0.2, -0.15) is 0 Å². The Morgan fingerprint density at radius 2 is 1.62 bits per heavy atom. The maximum atomic E-state index is 14.4. The molecule has 0 spiro atoms. The zero-order valence-electron chi connectivity index (χ0n) is 21.5. The zero-order valence-corrected chi connectivity index (χ0v) is 21.5. The van der Waals surface area contributed by atoms with Crippen molar-refractivity contribution in [3.05, 3.63) is 148 Å². The lowest BCUT2D eigenvalue weighted by Gasteiger charge is -2.20. The molecule has 0 radical (unpaired) electrons. The molecule has 1 N–H and O–H groups in total. The molecule has 0 aliphatic carbocycles. The van der Waals surface area contributed by atoms with Crippen molar-refractivity contribution in [2.75, 3.05) is 0 Å². The first-order valence-electron chi connectivity index (χ1n) is 12.8. The predicted octanol–water partition coefficient (Wildman–Crippen LogP) is 7.14. The van der Waals surface area contributed by atoms with Gasteiger partial charge in [0, 0.05) is 48.1 Å². The Morgan fingerprint density at radius 1 is 0.923 bits per heavy atom. The summed E-state index contributed by atoms with van der Waals surface area (Å²) in [5, 5.41) is 15.4. The first kappa shape index (κ1) is 25.9. The fourth-order valence-corrected chi connectivity index (χ4v) is 5.06. The minimum Gasteiger partial charge on any atom is -0.350 e. The second kappa shape index (κ2) is 11.3. The molecule has 5 rings (SSSR count). The van der Waals surface area contributed by atoms with Crippen LogP contribution in [0.4, 0.5) is 10.1 Å². The first-order valence-corrected chi connectivity index (χ1v) is 12.8. The SMILES string of the molecule is C[C@H](NC(=O)C[C@@H](c1cccc(F)c1)c1cn(Cc2ccccc2)c2ccc([N+](=O)[O-])cc12)c1ccccc1. The van der Waals surface area contributed by atoms with Gasteiger partial charge in [-0.1, -0.05) is 72.8 Å². The summed E-state index contributed by atoms with van der Waals surface area (Å²) in [5.74, 6) is -1.13. The minimum absolute atomic E-state index is 0.0404. The first-order chi connectivity index (χ1) is 18.9. The van der Waals surface area contributed by atoms with Crippen molar-refractivity contribution in [3.8, 4) is 0 Å². The quantitative estimate of drug-likeness (QED) is 0.165. The second-order valence-corrected chi connectivity index (χ2v) is 9.67. The van der Waals surface area contributed by atoms with Gasteiger partial charge >= 0.3 is 0 Å². The maximum absolute atomic E-state index is 14.4. The smallest absolute Gasteiger partial charge is 0.270 e. The van der Waals surface area contributed by atoms with Gasteiger partial charge in [-0.25, -0.2) is 4.39 Å². The Labute approximate surface area is 225 Å². The van der Waals surface area contributed by atoms with Crippen molar-refractivity contribution in [3.63, 3.8) is 0 Å². The predicted molar refractivity (Wildman–Crippen MR) is 150 cm³/mol. The van der Waals surface area contributed by atoms with Crippen LogP contribution < -0.4 is 5.32 Å². The summed E-state index contributed by atoms with van der Waals surface area (Å²) >= 11 is 0. The lowest BCUT2D eigenvalue weighted by Crippen LogP contribution is -2.28. The van der Waals surface area contributed by atoms with Gasteiger partial charge in [0.1, 0.15) is 5.82 Å². The van der Waals surface area contributed by atoms with Crippen LogP contribution in [0.5, 0.6) is 0 Å². The summed E-state index contributed by atoms with van der Waals surface area (Å²) in [6, 6.07) is 30.3. The van der Waals surface area contributed by atoms with E-state index in [1.54, 1.807) is 24.3 Å². The lowest BCUT2D eigenvalue weighted by molar-refractivity contribution is -0.384. The number of nitro groups is 1. The van der Waals surface area contributed by atoms with E-state index in [9.17, 15) is 19.3 Å². The molecular formula is C32H28FN3O3. The molecule has 5 aromatic rings. The lowest BCUT2D eigenvalue weighted by atomic mass is 9.87. The van der Waals surface area contributed by atoms with E-state index in [1.807, 2.05) is 78.4 Å². The third-order valence-corrected chi connectivity index (χ3v) is 7.00. The van der Waals surface area contributed by atoms with Crippen LogP contribution in [0.25, 0.3) is 10.9 Å². The molecule has 0 aliphatic heterocycles. The molecule has 0 aliphatic rings. The van der Waals surface area contributed by atoms with Crippen LogP contribution in [0.3, 0.4) is 0 Å². The van der Waals surface area contributed by atoms with Crippen molar-refractivity contribution in [2.24, 2.45) is 0 Å². The number of carbonyl (C=O) groups excluding carboxylic acids is 1. The van der Waals surface area contributed by atoms with Gasteiger partial charge in [-0.15, -0.1) is 0 Å². The van der Waals surface area contributed by atoms with Crippen molar-refractivity contribution in [1.82, 2.24) is 9.88 Å². The molecule has 6 nitrogen and oxygen atoms in total. The Balaban J connectivity index is 1.58. The average molecular weight is 522 g/mol. The van der Waals surface area contributed by atoms with E-state index in [-0.39, 0.29) is 24.1 Å². The Kier molecular flexibility index (Phi) is 7.50. The fraction of sp³-hybridized carbons (Fsp3) is 0.156. The molecule has 196 valence electrons. The van der Waals surface area contributed by atoms with Gasteiger partial charge in [0.05, 0.1) is 11.0 Å². The number of aromatic nitrogens is 1. The number of non-ortho nitro benzene ring substituents is 1. The molecule has 0 unspecified atom stereocenters. The Bertz CT molecular complexity index is 1620. The van der Waals surface area contributed by atoms with Crippen LogP contribution in [-0.2, 0) is 11.3 Å². The van der Waals surface area contributed by atoms with Crippen LogP contribution in [-0.4, -0.2) is 15.4 Å². The van der Waals surface area contributed by atoms with Gasteiger partial charge < -0.3 is 9.88 Å². The summed E-state index contributed by atoms with van der Waals surface area (Å²) in [7, 11) is 0. The number of nitro benzene ring substituents is 1. The van der Waals surface area contributed by atoms with Crippen LogP contribution in [0.1, 0.15) is 47.6 Å². The molecule has 0 fully saturated rings. The summed E-state index contributed by atoms with van der Waals surface area (Å²) in [5.41, 5.74) is 4.17. The highest BCUT2D eigenvalue weighted by atomic mass is 19.1. The number of fused-ring (bicyclic) bond motifs is 1. The monoisotopic (exact) mass is 521 g/mol. The molecule has 39 heavy (non-hydrogen) atoms. The third kappa shape index (κ3) is 5.88. The van der Waals surface area contributed by atoms with Crippen LogP contribution in [0.15, 0.2) is 109 Å². The number of halogens is 1. The highest BCUT2D eigenvalue weighted by Gasteiger charge is 2.25. The molecule has 2 atom stereocenters. The van der Waals surface area contributed by atoms with Crippen LogP contribution in [0, 0.1) is 15.9 Å². The van der Waals surface area contributed by atoms with Crippen molar-refractivity contribution < 1.29 is 14.1 Å². The van der Waals surface area contributed by atoms with Gasteiger partial charge in [0.15, 0.2) is 0 Å². The normalized spacial score (nSPS) is 12.7. The largest absolute Gasteiger partial charge is 0.350 e. The van der Waals surface area contributed by atoms with E-state index in [0.29, 0.717) is 17.5 Å². The van der Waals surface area contributed by atoms with Crippen LogP contribution >= 0.6 is 0 Å². The van der Waals surface area contributed by atoms with Crippen molar-refractivity contribution >= 4 is 22.5 Å². The van der Waals surface area contributed by atoms with E-state index in [0.717, 1.165) is 22.2 Å². The number of hydrogen-bond donors (Lipinski definition) is 1. The molecule has 0 saturated carbocycles. The number of amides is 1. The number of hydrogen-bond acceptors (Lipinski definition) is 3. The van der Waals surface area contributed by atoms with Gasteiger partial charge in [-0.05, 0) is 47.4 Å². The highest BCUT2D eigenvalue weighted by molar-refractivity contribution is 5.88. The van der Waals surface area contributed by atoms with Crippen LogP contribution in [0.2, 0.25) is 0 Å². The van der Waals surface area contributed by atoms with Gasteiger partial charge in [-0.3, -0.25) is 14.9 Å². The van der Waals surface area contributed by atoms with E-state index in [2.05, 4.69) is 5.32 Å². The Morgan fingerprint density at radius 3 is 2.31 bits per heavy atom. The highest BCUT2D eigenvalue weighted by Crippen LogP contribution is 2.37. The molecular weight excluding hydrogens is 493 g/mol. The van der Waals surface area contributed by atoms with E-state index in [4.69, 9.17) is 0 Å². The van der Waals surface area contributed by atoms with E-state index < -0.39 is 16.7 Å². The zero-order chi connectivity index (χ0) is 27.4.